The zero-order chi connectivity index (χ0) is 31.7. The molecule has 1 aliphatic heterocycles. The number of fused-ring (bicyclic) bond motifs is 1. The Morgan fingerprint density at radius 2 is 1.91 bits per heavy atom. The van der Waals surface area contributed by atoms with Crippen molar-refractivity contribution in [1.29, 1.82) is 5.26 Å². The van der Waals surface area contributed by atoms with Crippen LogP contribution in [0, 0.1) is 11.3 Å². The fourth-order valence-electron chi connectivity index (χ4n) is 6.08. The third kappa shape index (κ3) is 5.95. The van der Waals surface area contributed by atoms with Crippen molar-refractivity contribution in [3.8, 4) is 6.07 Å². The number of anilines is 2. The molecule has 2 unspecified atom stereocenters. The molecule has 2 aromatic carbocycles. The number of carbonyl (C=O) groups is 3. The summed E-state index contributed by atoms with van der Waals surface area (Å²) in [6.45, 7) is 0. The van der Waals surface area contributed by atoms with Crippen molar-refractivity contribution in [2.24, 2.45) is 0 Å². The molecule has 1 saturated carbocycles. The normalized spacial score (nSPS) is 18.8. The van der Waals surface area contributed by atoms with E-state index in [1.807, 2.05) is 6.07 Å². The van der Waals surface area contributed by atoms with Crippen LogP contribution in [0.1, 0.15) is 55.7 Å². The van der Waals surface area contributed by atoms with Gasteiger partial charge in [0, 0.05) is 47.5 Å². The largest absolute Gasteiger partial charge is 0.351 e. The van der Waals surface area contributed by atoms with E-state index >= 15 is 0 Å². The Kier molecular flexibility index (Phi) is 8.20. The monoisotopic (exact) mass is 631 g/mol. The van der Waals surface area contributed by atoms with E-state index < -0.39 is 35.9 Å². The first-order chi connectivity index (χ1) is 21.7. The van der Waals surface area contributed by atoms with Gasteiger partial charge in [-0.2, -0.15) is 10.4 Å². The number of aromatic amines is 1. The van der Waals surface area contributed by atoms with Crippen molar-refractivity contribution in [2.75, 3.05) is 9.80 Å². The lowest BCUT2D eigenvalue weighted by Gasteiger charge is -2.37. The molecule has 2 N–H and O–H groups in total. The van der Waals surface area contributed by atoms with Gasteiger partial charge in [0.15, 0.2) is 0 Å². The molecular formula is C32H28ClF2N7O3. The lowest BCUT2D eigenvalue weighted by Crippen LogP contribution is -2.53. The highest BCUT2D eigenvalue weighted by molar-refractivity contribution is 6.32. The van der Waals surface area contributed by atoms with E-state index in [1.165, 1.54) is 28.1 Å². The molecule has 45 heavy (non-hydrogen) atoms. The maximum atomic E-state index is 14.9. The molecule has 4 aromatic rings. The minimum atomic E-state index is -2.79. The molecular weight excluding hydrogens is 604 g/mol. The average Bonchev–Trinajstić information content (AvgIpc) is 3.68. The van der Waals surface area contributed by atoms with Crippen molar-refractivity contribution in [2.45, 2.75) is 62.6 Å². The number of aromatic nitrogens is 3. The Hall–Kier alpha value is -4.89. The van der Waals surface area contributed by atoms with Crippen LogP contribution in [-0.2, 0) is 14.4 Å². The standard InChI is InChI=1S/C32H28ClF2N7O3/c33-23-6-2-1-5-22(23)29(30(44)39-21-10-13-32(34,35)14-11-21)42(24-7-3-4-20-18-38-40-28(20)24)31(45)25-8-9-27(43)41(25)26-16-19(17-36)12-15-37-26/h1-7,12,15-16,18,21,25,29H,8-11,13-14H2,(H,38,40)(H,39,44). The number of para-hydroxylation sites is 1. The number of H-pyrrole nitrogens is 1. The number of nitrogens with zero attached hydrogens (tertiary/aromatic N) is 5. The first-order valence-corrected chi connectivity index (χ1v) is 14.9. The molecule has 0 bridgehead atoms. The van der Waals surface area contributed by atoms with Crippen molar-refractivity contribution in [3.05, 3.63) is 83.1 Å². The third-order valence-corrected chi connectivity index (χ3v) is 8.68. The molecule has 0 spiro atoms. The summed E-state index contributed by atoms with van der Waals surface area (Å²) < 4.78 is 27.9. The molecule has 3 heterocycles. The maximum Gasteiger partial charge on any atom is 0.251 e. The van der Waals surface area contributed by atoms with Gasteiger partial charge in [-0.25, -0.2) is 13.8 Å². The van der Waals surface area contributed by atoms with Crippen LogP contribution in [0.25, 0.3) is 10.9 Å². The summed E-state index contributed by atoms with van der Waals surface area (Å²) >= 11 is 6.67. The molecule has 2 aromatic heterocycles. The van der Waals surface area contributed by atoms with Crippen LogP contribution in [0.3, 0.4) is 0 Å². The van der Waals surface area contributed by atoms with Crippen molar-refractivity contribution in [1.82, 2.24) is 20.5 Å². The van der Waals surface area contributed by atoms with Gasteiger partial charge in [-0.05, 0) is 43.5 Å². The number of benzene rings is 2. The number of alkyl halides is 2. The quantitative estimate of drug-likeness (QED) is 0.279. The van der Waals surface area contributed by atoms with Crippen LogP contribution in [0.4, 0.5) is 20.3 Å². The maximum absolute atomic E-state index is 14.9. The molecule has 2 atom stereocenters. The van der Waals surface area contributed by atoms with E-state index in [-0.39, 0.29) is 60.8 Å². The zero-order valence-electron chi connectivity index (χ0n) is 23.9. The molecule has 0 radical (unpaired) electrons. The average molecular weight is 632 g/mol. The van der Waals surface area contributed by atoms with Crippen molar-refractivity contribution >= 4 is 51.7 Å². The predicted molar refractivity (Wildman–Crippen MR) is 163 cm³/mol. The summed E-state index contributed by atoms with van der Waals surface area (Å²) in [5, 5.41) is 20.3. The smallest absolute Gasteiger partial charge is 0.251 e. The van der Waals surface area contributed by atoms with Gasteiger partial charge in [0.1, 0.15) is 17.9 Å². The fraction of sp³-hybridized carbons (Fsp3) is 0.312. The van der Waals surface area contributed by atoms with Crippen LogP contribution in [0.15, 0.2) is 67.0 Å². The van der Waals surface area contributed by atoms with E-state index in [0.717, 1.165) is 0 Å². The lowest BCUT2D eigenvalue weighted by molar-refractivity contribution is -0.128. The van der Waals surface area contributed by atoms with Crippen LogP contribution in [-0.4, -0.2) is 50.9 Å². The van der Waals surface area contributed by atoms with Gasteiger partial charge >= 0.3 is 0 Å². The van der Waals surface area contributed by atoms with Gasteiger partial charge in [0.2, 0.25) is 17.7 Å². The molecule has 6 rings (SSSR count). The van der Waals surface area contributed by atoms with E-state index in [1.54, 1.807) is 48.7 Å². The second-order valence-electron chi connectivity index (χ2n) is 11.2. The van der Waals surface area contributed by atoms with Crippen LogP contribution < -0.4 is 15.1 Å². The molecule has 2 fully saturated rings. The zero-order valence-corrected chi connectivity index (χ0v) is 24.7. The Bertz CT molecular complexity index is 1810. The number of pyridine rings is 1. The van der Waals surface area contributed by atoms with Gasteiger partial charge < -0.3 is 5.32 Å². The second-order valence-corrected chi connectivity index (χ2v) is 11.6. The molecule has 3 amide bonds. The molecule has 13 heteroatoms. The van der Waals surface area contributed by atoms with Crippen molar-refractivity contribution < 1.29 is 23.2 Å². The summed E-state index contributed by atoms with van der Waals surface area (Å²) in [5.41, 5.74) is 1.34. The number of hydrogen-bond acceptors (Lipinski definition) is 6. The van der Waals surface area contributed by atoms with Gasteiger partial charge in [0.05, 0.1) is 29.0 Å². The molecule has 2 aliphatic rings. The highest BCUT2D eigenvalue weighted by Crippen LogP contribution is 2.39. The van der Waals surface area contributed by atoms with Gasteiger partial charge in [-0.1, -0.05) is 41.9 Å². The van der Waals surface area contributed by atoms with E-state index in [4.69, 9.17) is 11.6 Å². The first kappa shape index (κ1) is 30.1. The number of amides is 3. The summed E-state index contributed by atoms with van der Waals surface area (Å²) in [7, 11) is 0. The highest BCUT2D eigenvalue weighted by Gasteiger charge is 2.45. The predicted octanol–water partition coefficient (Wildman–Crippen LogP) is 5.45. The van der Waals surface area contributed by atoms with Crippen LogP contribution >= 0.6 is 11.6 Å². The first-order valence-electron chi connectivity index (χ1n) is 14.5. The Balaban J connectivity index is 1.48. The number of nitriles is 1. The topological polar surface area (TPSA) is 135 Å². The Morgan fingerprint density at radius 1 is 1.13 bits per heavy atom. The van der Waals surface area contributed by atoms with E-state index in [0.29, 0.717) is 22.2 Å². The number of carbonyl (C=O) groups excluding carboxylic acids is 3. The second kappa shape index (κ2) is 12.2. The van der Waals surface area contributed by atoms with E-state index in [2.05, 4.69) is 20.5 Å². The summed E-state index contributed by atoms with van der Waals surface area (Å²) in [5.74, 6) is -4.23. The number of rotatable bonds is 7. The molecule has 1 saturated heterocycles. The Labute approximate surface area is 262 Å². The molecule has 230 valence electrons. The highest BCUT2D eigenvalue weighted by atomic mass is 35.5. The van der Waals surface area contributed by atoms with Crippen LogP contribution in [0.5, 0.6) is 0 Å². The fourth-order valence-corrected chi connectivity index (χ4v) is 6.32. The summed E-state index contributed by atoms with van der Waals surface area (Å²) in [4.78, 5) is 49.3. The minimum Gasteiger partial charge on any atom is -0.351 e. The summed E-state index contributed by atoms with van der Waals surface area (Å²) in [6.07, 6.45) is 2.55. The molecule has 10 nitrogen and oxygen atoms in total. The third-order valence-electron chi connectivity index (χ3n) is 8.34. The number of halogens is 3. The Morgan fingerprint density at radius 3 is 2.67 bits per heavy atom. The summed E-state index contributed by atoms with van der Waals surface area (Å²) in [6, 6.07) is 13.7. The van der Waals surface area contributed by atoms with Gasteiger partial charge in [0.25, 0.3) is 5.91 Å². The number of nitrogens with one attached hydrogen (secondary N) is 2. The van der Waals surface area contributed by atoms with Gasteiger partial charge in [-0.3, -0.25) is 29.3 Å². The molecule has 1 aliphatic carbocycles. The minimum absolute atomic E-state index is 0.0379. The van der Waals surface area contributed by atoms with Gasteiger partial charge in [-0.15, -0.1) is 0 Å². The van der Waals surface area contributed by atoms with E-state index in [9.17, 15) is 28.4 Å². The SMILES string of the molecule is N#Cc1ccnc(N2C(=O)CCC2C(=O)N(c2cccc3cn[nH]c23)C(C(=O)NC2CCC(F)(F)CC2)c2ccccc2Cl)c1. The lowest BCUT2D eigenvalue weighted by atomic mass is 9.91. The van der Waals surface area contributed by atoms with Crippen molar-refractivity contribution in [3.63, 3.8) is 0 Å². The van der Waals surface area contributed by atoms with Crippen LogP contribution in [0.2, 0.25) is 5.02 Å². The number of hydrogen-bond donors (Lipinski definition) is 2.